The van der Waals surface area contributed by atoms with Crippen molar-refractivity contribution in [2.24, 2.45) is 4.99 Å². The number of hydrogen-bond donors (Lipinski definition) is 1. The molecule has 0 radical (unpaired) electrons. The molecule has 1 atom stereocenters. The number of nitrogens with zero attached hydrogens (tertiary/aromatic N) is 3. The third kappa shape index (κ3) is 7.27. The minimum atomic E-state index is -0.469. The third-order valence-corrected chi connectivity index (χ3v) is 3.03. The van der Waals surface area contributed by atoms with Crippen LogP contribution in [0.2, 0.25) is 0 Å². The number of nitrogens with one attached hydrogen (secondary N) is 1. The monoisotopic (exact) mass is 314 g/mol. The van der Waals surface area contributed by atoms with Gasteiger partial charge in [0.1, 0.15) is 5.60 Å². The average Bonchev–Trinajstić information content (AvgIpc) is 2.34. The zero-order valence-corrected chi connectivity index (χ0v) is 14.4. The second-order valence-corrected chi connectivity index (χ2v) is 6.81. The molecule has 1 N–H and O–H groups in total. The number of hydrogen-bond acceptors (Lipinski definition) is 3. The quantitative estimate of drug-likeness (QED) is 0.479. The van der Waals surface area contributed by atoms with Crippen molar-refractivity contribution < 1.29 is 9.53 Å². The first-order valence-corrected chi connectivity index (χ1v) is 7.57. The number of carbonyl (C=O) groups excluding carboxylic acids is 1. The molecule has 0 aromatic rings. The van der Waals surface area contributed by atoms with Crippen molar-refractivity contribution in [1.29, 1.82) is 0 Å². The Morgan fingerprint density at radius 1 is 1.48 bits per heavy atom. The van der Waals surface area contributed by atoms with E-state index >= 15 is 0 Å². The van der Waals surface area contributed by atoms with E-state index in [9.17, 15) is 4.79 Å². The Balaban J connectivity index is 2.49. The van der Waals surface area contributed by atoms with Crippen LogP contribution in [-0.2, 0) is 4.74 Å². The van der Waals surface area contributed by atoms with Gasteiger partial charge in [-0.05, 0) is 45.8 Å². The lowest BCUT2D eigenvalue weighted by molar-refractivity contribution is 0.0194. The molecule has 0 spiro atoms. The van der Waals surface area contributed by atoms with Gasteiger partial charge in [-0.2, -0.15) is 0 Å². The van der Waals surface area contributed by atoms with Crippen LogP contribution in [0, 0.1) is 0 Å². The second kappa shape index (κ2) is 7.59. The van der Waals surface area contributed by atoms with Crippen LogP contribution in [0.1, 0.15) is 33.6 Å². The van der Waals surface area contributed by atoms with Gasteiger partial charge in [-0.15, -0.1) is 0 Å². The van der Waals surface area contributed by atoms with E-state index < -0.39 is 5.60 Å². The number of ether oxygens (including phenoxy) is 1. The predicted molar refractivity (Wildman–Crippen MR) is 88.7 cm³/mol. The Bertz CT molecular complexity index is 404. The SMILES string of the molecule is CN(C)C=NC(=S)N[C@@H]1CCCN(C(=O)OC(C)(C)C)C1. The summed E-state index contributed by atoms with van der Waals surface area (Å²) in [6, 6.07) is 0.123. The molecule has 120 valence electrons. The summed E-state index contributed by atoms with van der Waals surface area (Å²) < 4.78 is 5.40. The van der Waals surface area contributed by atoms with Gasteiger partial charge >= 0.3 is 6.09 Å². The molecule has 6 nitrogen and oxygen atoms in total. The fourth-order valence-corrected chi connectivity index (χ4v) is 2.18. The van der Waals surface area contributed by atoms with Crippen LogP contribution in [0.25, 0.3) is 0 Å². The van der Waals surface area contributed by atoms with E-state index in [1.165, 1.54) is 0 Å². The van der Waals surface area contributed by atoms with Gasteiger partial charge < -0.3 is 19.9 Å². The topological polar surface area (TPSA) is 57.2 Å². The van der Waals surface area contributed by atoms with Gasteiger partial charge in [0.15, 0.2) is 5.11 Å². The van der Waals surface area contributed by atoms with E-state index in [0.29, 0.717) is 11.7 Å². The number of likely N-dealkylation sites (tertiary alicyclic amines) is 1. The standard InChI is InChI=1S/C14H26N4O2S/c1-14(2,3)20-13(19)18-8-6-7-11(9-18)16-12(21)15-10-17(4)5/h10-11H,6-9H2,1-5H3,(H,16,21)/t11-/m1/s1. The first kappa shape index (κ1) is 17.7. The highest BCUT2D eigenvalue weighted by Crippen LogP contribution is 2.15. The van der Waals surface area contributed by atoms with Gasteiger partial charge in [-0.1, -0.05) is 0 Å². The molecule has 0 aliphatic carbocycles. The summed E-state index contributed by atoms with van der Waals surface area (Å²) in [6.07, 6.45) is 3.29. The normalized spacial score (nSPS) is 19.5. The number of carbonyl (C=O) groups is 1. The molecular formula is C14H26N4O2S. The van der Waals surface area contributed by atoms with Crippen LogP contribution in [0.4, 0.5) is 4.79 Å². The number of thiocarbonyl (C=S) groups is 1. The van der Waals surface area contributed by atoms with E-state index in [-0.39, 0.29) is 12.1 Å². The summed E-state index contributed by atoms with van der Waals surface area (Å²) in [5.74, 6) is 0. The van der Waals surface area contributed by atoms with Crippen LogP contribution in [0.3, 0.4) is 0 Å². The number of rotatable bonds is 2. The molecule has 1 heterocycles. The summed E-state index contributed by atoms with van der Waals surface area (Å²) in [4.78, 5) is 19.7. The average molecular weight is 314 g/mol. The molecule has 7 heteroatoms. The zero-order chi connectivity index (χ0) is 16.0. The van der Waals surface area contributed by atoms with Gasteiger partial charge in [0.2, 0.25) is 0 Å². The first-order chi connectivity index (χ1) is 9.67. The van der Waals surface area contributed by atoms with Crippen LogP contribution in [0.15, 0.2) is 4.99 Å². The lowest BCUT2D eigenvalue weighted by Gasteiger charge is -2.34. The smallest absolute Gasteiger partial charge is 0.410 e. The molecule has 21 heavy (non-hydrogen) atoms. The molecule has 0 aromatic heterocycles. The molecule has 0 bridgehead atoms. The van der Waals surface area contributed by atoms with E-state index in [4.69, 9.17) is 17.0 Å². The van der Waals surface area contributed by atoms with Crippen molar-refractivity contribution >= 4 is 29.8 Å². The molecule has 0 aromatic carbocycles. The molecule has 1 aliphatic rings. The van der Waals surface area contributed by atoms with E-state index in [1.54, 1.807) is 11.2 Å². The first-order valence-electron chi connectivity index (χ1n) is 7.16. The molecule has 1 fully saturated rings. The van der Waals surface area contributed by atoms with Crippen LogP contribution in [-0.4, -0.2) is 66.2 Å². The fraction of sp³-hybridized carbons (Fsp3) is 0.786. The van der Waals surface area contributed by atoms with Crippen LogP contribution >= 0.6 is 12.2 Å². The molecule has 1 saturated heterocycles. The summed E-state index contributed by atoms with van der Waals surface area (Å²) in [5.41, 5.74) is -0.469. The van der Waals surface area contributed by atoms with Gasteiger partial charge in [-0.3, -0.25) is 0 Å². The molecule has 1 rings (SSSR count). The zero-order valence-electron chi connectivity index (χ0n) is 13.5. The molecule has 1 amide bonds. The summed E-state index contributed by atoms with van der Waals surface area (Å²) in [6.45, 7) is 6.92. The number of piperidine rings is 1. The Hall–Kier alpha value is -1.37. The van der Waals surface area contributed by atoms with Gasteiger partial charge in [-0.25, -0.2) is 9.79 Å². The highest BCUT2D eigenvalue weighted by molar-refractivity contribution is 7.80. The minimum absolute atomic E-state index is 0.123. The fourth-order valence-electron chi connectivity index (χ4n) is 1.97. The maximum Gasteiger partial charge on any atom is 0.410 e. The predicted octanol–water partition coefficient (Wildman–Crippen LogP) is 1.85. The number of aliphatic imine (C=N–C) groups is 1. The molecule has 0 saturated carbocycles. The van der Waals surface area contributed by atoms with Gasteiger partial charge in [0, 0.05) is 33.2 Å². The molecule has 1 aliphatic heterocycles. The van der Waals surface area contributed by atoms with Crippen molar-refractivity contribution in [2.75, 3.05) is 27.2 Å². The van der Waals surface area contributed by atoms with E-state index in [2.05, 4.69) is 10.3 Å². The maximum absolute atomic E-state index is 12.1. The van der Waals surface area contributed by atoms with Crippen molar-refractivity contribution in [3.05, 3.63) is 0 Å². The van der Waals surface area contributed by atoms with Crippen LogP contribution in [0.5, 0.6) is 0 Å². The lowest BCUT2D eigenvalue weighted by atomic mass is 10.1. The highest BCUT2D eigenvalue weighted by Gasteiger charge is 2.27. The van der Waals surface area contributed by atoms with Gasteiger partial charge in [0.05, 0.1) is 6.34 Å². The largest absolute Gasteiger partial charge is 0.444 e. The second-order valence-electron chi connectivity index (χ2n) is 6.42. The third-order valence-electron chi connectivity index (χ3n) is 2.81. The summed E-state index contributed by atoms with van der Waals surface area (Å²) in [7, 11) is 3.77. The summed E-state index contributed by atoms with van der Waals surface area (Å²) >= 11 is 5.17. The van der Waals surface area contributed by atoms with Crippen molar-refractivity contribution in [2.45, 2.75) is 45.3 Å². The van der Waals surface area contributed by atoms with Crippen molar-refractivity contribution in [1.82, 2.24) is 15.1 Å². The van der Waals surface area contributed by atoms with E-state index in [0.717, 1.165) is 19.4 Å². The van der Waals surface area contributed by atoms with Crippen LogP contribution < -0.4 is 5.32 Å². The molecule has 0 unspecified atom stereocenters. The lowest BCUT2D eigenvalue weighted by Crippen LogP contribution is -2.50. The highest BCUT2D eigenvalue weighted by atomic mass is 32.1. The Morgan fingerprint density at radius 2 is 2.14 bits per heavy atom. The van der Waals surface area contributed by atoms with E-state index in [1.807, 2.05) is 39.8 Å². The van der Waals surface area contributed by atoms with Crippen molar-refractivity contribution in [3.63, 3.8) is 0 Å². The van der Waals surface area contributed by atoms with Crippen molar-refractivity contribution in [3.8, 4) is 0 Å². The minimum Gasteiger partial charge on any atom is -0.444 e. The molecular weight excluding hydrogens is 288 g/mol. The Labute approximate surface area is 132 Å². The summed E-state index contributed by atoms with van der Waals surface area (Å²) in [5, 5.41) is 3.62. The maximum atomic E-state index is 12.1. The Kier molecular flexibility index (Phi) is 6.39. The Morgan fingerprint density at radius 3 is 2.71 bits per heavy atom. The number of amides is 1. The van der Waals surface area contributed by atoms with Gasteiger partial charge in [0.25, 0.3) is 0 Å².